The highest BCUT2D eigenvalue weighted by Crippen LogP contribution is 2.29. The predicted molar refractivity (Wildman–Crippen MR) is 83.8 cm³/mol. The lowest BCUT2D eigenvalue weighted by Gasteiger charge is -2.35. The Hall–Kier alpha value is -0.0400. The molecule has 0 aromatic carbocycles. The van der Waals surface area contributed by atoms with Crippen LogP contribution in [0.4, 0.5) is 0 Å². The molecule has 0 rings (SSSR count). The third-order valence-corrected chi connectivity index (χ3v) is 4.36. The molecule has 1 nitrogen and oxygen atoms in total. The normalized spacial score (nSPS) is 17.5. The average Bonchev–Trinajstić information content (AvgIpc) is 2.29. The van der Waals surface area contributed by atoms with Crippen LogP contribution < -0.4 is 0 Å². The zero-order chi connectivity index (χ0) is 14.2. The van der Waals surface area contributed by atoms with Crippen LogP contribution in [0.1, 0.15) is 66.2 Å². The minimum Gasteiger partial charge on any atom is -0.331 e. The molecular weight excluding hydrogens is 218 g/mol. The van der Waals surface area contributed by atoms with Crippen LogP contribution in [0.25, 0.3) is 0 Å². The Bertz CT molecular complexity index is 192. The van der Waals surface area contributed by atoms with Gasteiger partial charge in [-0.2, -0.15) is 0 Å². The van der Waals surface area contributed by atoms with Gasteiger partial charge in [0.1, 0.15) is 0 Å². The monoisotopic (exact) mass is 256 g/mol. The van der Waals surface area contributed by atoms with Crippen molar-refractivity contribution >= 4 is 0 Å². The molecule has 0 bridgehead atoms. The second-order valence-corrected chi connectivity index (χ2v) is 7.35. The van der Waals surface area contributed by atoms with Gasteiger partial charge < -0.3 is 4.48 Å². The van der Waals surface area contributed by atoms with E-state index in [0.29, 0.717) is 0 Å². The molecule has 3 atom stereocenters. The summed E-state index contributed by atoms with van der Waals surface area (Å²) in [6.07, 6.45) is 8.31. The summed E-state index contributed by atoms with van der Waals surface area (Å²) in [5, 5.41) is 0. The first-order chi connectivity index (χ1) is 8.31. The summed E-state index contributed by atoms with van der Waals surface area (Å²) in [7, 11) is 7.01. The van der Waals surface area contributed by atoms with Crippen molar-refractivity contribution in [2.45, 2.75) is 66.2 Å². The second kappa shape index (κ2) is 8.96. The third kappa shape index (κ3) is 8.13. The van der Waals surface area contributed by atoms with Gasteiger partial charge in [-0.15, -0.1) is 0 Å². The van der Waals surface area contributed by atoms with Crippen molar-refractivity contribution in [2.75, 3.05) is 27.7 Å². The Kier molecular flexibility index (Phi) is 8.94. The van der Waals surface area contributed by atoms with Crippen LogP contribution in [0.5, 0.6) is 0 Å². The zero-order valence-electron chi connectivity index (χ0n) is 14.1. The van der Waals surface area contributed by atoms with Crippen LogP contribution >= 0.6 is 0 Å². The minimum atomic E-state index is 0.875. The second-order valence-electron chi connectivity index (χ2n) is 7.35. The van der Waals surface area contributed by atoms with Gasteiger partial charge in [0.15, 0.2) is 0 Å². The molecule has 0 aliphatic heterocycles. The van der Waals surface area contributed by atoms with Crippen molar-refractivity contribution in [3.8, 4) is 0 Å². The summed E-state index contributed by atoms with van der Waals surface area (Å²) in [5.74, 6) is 2.66. The average molecular weight is 256 g/mol. The molecule has 0 amide bonds. The molecule has 110 valence electrons. The Morgan fingerprint density at radius 3 is 1.78 bits per heavy atom. The molecule has 0 aromatic heterocycles. The van der Waals surface area contributed by atoms with E-state index < -0.39 is 0 Å². The summed E-state index contributed by atoms with van der Waals surface area (Å²) in [5.41, 5.74) is 0. The summed E-state index contributed by atoms with van der Waals surface area (Å²) < 4.78 is 1.11. The van der Waals surface area contributed by atoms with E-state index in [2.05, 4.69) is 48.8 Å². The molecule has 0 fully saturated rings. The summed E-state index contributed by atoms with van der Waals surface area (Å²) in [6, 6.07) is 0. The zero-order valence-corrected chi connectivity index (χ0v) is 14.1. The van der Waals surface area contributed by atoms with Gasteiger partial charge in [-0.1, -0.05) is 59.8 Å². The number of nitrogens with zero attached hydrogens (tertiary/aromatic N) is 1. The lowest BCUT2D eigenvalue weighted by atomic mass is 9.78. The van der Waals surface area contributed by atoms with Crippen LogP contribution in [0.3, 0.4) is 0 Å². The maximum absolute atomic E-state index is 2.50. The molecule has 0 N–H and O–H groups in total. The van der Waals surface area contributed by atoms with E-state index in [9.17, 15) is 0 Å². The van der Waals surface area contributed by atoms with Crippen LogP contribution in [0.2, 0.25) is 0 Å². The van der Waals surface area contributed by atoms with Crippen molar-refractivity contribution < 1.29 is 4.48 Å². The highest BCUT2D eigenvalue weighted by Gasteiger charge is 2.26. The van der Waals surface area contributed by atoms with Gasteiger partial charge in [-0.25, -0.2) is 0 Å². The molecule has 1 heteroatoms. The number of hydrogen-bond donors (Lipinski definition) is 0. The van der Waals surface area contributed by atoms with Crippen LogP contribution in [0.15, 0.2) is 0 Å². The lowest BCUT2D eigenvalue weighted by Crippen LogP contribution is -2.41. The Morgan fingerprint density at radius 1 is 0.833 bits per heavy atom. The van der Waals surface area contributed by atoms with Gasteiger partial charge in [0.25, 0.3) is 0 Å². The van der Waals surface area contributed by atoms with Crippen LogP contribution in [0, 0.1) is 17.8 Å². The first kappa shape index (κ1) is 18.0. The van der Waals surface area contributed by atoms with Crippen molar-refractivity contribution in [1.29, 1.82) is 0 Å². The first-order valence-electron chi connectivity index (χ1n) is 8.12. The highest BCUT2D eigenvalue weighted by molar-refractivity contribution is 4.71. The molecular formula is C17H38N+. The van der Waals surface area contributed by atoms with E-state index in [-0.39, 0.29) is 0 Å². The summed E-state index contributed by atoms with van der Waals surface area (Å²) in [6.45, 7) is 10.9. The van der Waals surface area contributed by atoms with E-state index in [1.165, 1.54) is 45.1 Å². The number of unbranched alkanes of at least 4 members (excludes halogenated alkanes) is 2. The van der Waals surface area contributed by atoms with E-state index in [4.69, 9.17) is 0 Å². The van der Waals surface area contributed by atoms with Crippen molar-refractivity contribution in [1.82, 2.24) is 0 Å². The van der Waals surface area contributed by atoms with Gasteiger partial charge >= 0.3 is 0 Å². The molecule has 0 aliphatic rings. The van der Waals surface area contributed by atoms with Gasteiger partial charge in [0, 0.05) is 5.92 Å². The van der Waals surface area contributed by atoms with Crippen LogP contribution in [-0.4, -0.2) is 32.2 Å². The SMILES string of the molecule is CCCCC(C)C(C)C(CCCC)C[N+](C)(C)C. The van der Waals surface area contributed by atoms with E-state index in [1.54, 1.807) is 0 Å². The van der Waals surface area contributed by atoms with Gasteiger partial charge in [0.05, 0.1) is 27.7 Å². The molecule has 3 unspecified atom stereocenters. The summed E-state index contributed by atoms with van der Waals surface area (Å²) >= 11 is 0. The quantitative estimate of drug-likeness (QED) is 0.485. The molecule has 0 saturated carbocycles. The molecule has 0 radical (unpaired) electrons. The molecule has 0 heterocycles. The molecule has 0 spiro atoms. The molecule has 18 heavy (non-hydrogen) atoms. The lowest BCUT2D eigenvalue weighted by molar-refractivity contribution is -0.874. The number of hydrogen-bond acceptors (Lipinski definition) is 0. The first-order valence-corrected chi connectivity index (χ1v) is 8.12. The highest BCUT2D eigenvalue weighted by atomic mass is 15.3. The predicted octanol–water partition coefficient (Wildman–Crippen LogP) is 4.96. The fraction of sp³-hybridized carbons (Fsp3) is 1.00. The number of rotatable bonds is 10. The van der Waals surface area contributed by atoms with Gasteiger partial charge in [0.2, 0.25) is 0 Å². The van der Waals surface area contributed by atoms with E-state index in [1.807, 2.05) is 0 Å². The maximum atomic E-state index is 2.50. The Morgan fingerprint density at radius 2 is 1.33 bits per heavy atom. The number of quaternary nitrogens is 1. The third-order valence-electron chi connectivity index (χ3n) is 4.36. The minimum absolute atomic E-state index is 0.875. The van der Waals surface area contributed by atoms with E-state index >= 15 is 0 Å². The standard InChI is InChI=1S/C17H38N/c1-8-10-12-15(3)16(4)17(13-11-9-2)14-18(5,6)7/h15-17H,8-14H2,1-7H3/q+1. The summed E-state index contributed by atoms with van der Waals surface area (Å²) in [4.78, 5) is 0. The van der Waals surface area contributed by atoms with Crippen LogP contribution in [-0.2, 0) is 0 Å². The van der Waals surface area contributed by atoms with Crippen molar-refractivity contribution in [3.63, 3.8) is 0 Å². The van der Waals surface area contributed by atoms with Gasteiger partial charge in [-0.3, -0.25) is 0 Å². The Balaban J connectivity index is 4.42. The largest absolute Gasteiger partial charge is 0.331 e. The van der Waals surface area contributed by atoms with Crippen molar-refractivity contribution in [2.24, 2.45) is 17.8 Å². The smallest absolute Gasteiger partial charge is 0.0811 e. The maximum Gasteiger partial charge on any atom is 0.0811 e. The molecule has 0 saturated heterocycles. The van der Waals surface area contributed by atoms with E-state index in [0.717, 1.165) is 22.2 Å². The molecule has 0 aromatic rings. The fourth-order valence-corrected chi connectivity index (χ4v) is 2.94. The molecule has 0 aliphatic carbocycles. The Labute approximate surface area is 117 Å². The van der Waals surface area contributed by atoms with Gasteiger partial charge in [-0.05, 0) is 18.3 Å². The van der Waals surface area contributed by atoms with Crippen molar-refractivity contribution in [3.05, 3.63) is 0 Å². The fourth-order valence-electron chi connectivity index (χ4n) is 2.94. The topological polar surface area (TPSA) is 0 Å².